The average molecular weight is 279 g/mol. The van der Waals surface area contributed by atoms with Crippen molar-refractivity contribution in [1.82, 2.24) is 9.29 Å². The van der Waals surface area contributed by atoms with E-state index < -0.39 is 16.0 Å². The van der Waals surface area contributed by atoms with Gasteiger partial charge in [-0.1, -0.05) is 11.6 Å². The highest BCUT2D eigenvalue weighted by molar-refractivity contribution is 7.89. The van der Waals surface area contributed by atoms with Crippen LogP contribution in [0.2, 0.25) is 5.15 Å². The molecule has 0 aliphatic heterocycles. The maximum Gasteiger partial charge on any atom is 0.338 e. The Labute approximate surface area is 104 Å². The molecular weight excluding hydrogens is 268 g/mol. The predicted molar refractivity (Wildman–Crippen MR) is 61.5 cm³/mol. The fraction of sp³-hybridized carbons (Fsp3) is 0.333. The van der Waals surface area contributed by atoms with E-state index in [4.69, 9.17) is 11.6 Å². The minimum absolute atomic E-state index is 0.0351. The molecule has 1 aromatic rings. The molecule has 17 heavy (non-hydrogen) atoms. The normalized spacial score (nSPS) is 11.6. The Bertz CT molecular complexity index is 542. The first-order valence-corrected chi connectivity index (χ1v) is 6.29. The largest absolute Gasteiger partial charge is 0.465 e. The number of halogens is 1. The van der Waals surface area contributed by atoms with Crippen LogP contribution in [0.4, 0.5) is 0 Å². The first-order valence-electron chi connectivity index (χ1n) is 4.47. The molecule has 1 heterocycles. The summed E-state index contributed by atoms with van der Waals surface area (Å²) in [4.78, 5) is 15.0. The minimum atomic E-state index is -3.73. The number of ether oxygens (including phenoxy) is 1. The van der Waals surface area contributed by atoms with E-state index in [2.05, 4.69) is 9.72 Å². The van der Waals surface area contributed by atoms with E-state index in [-0.39, 0.29) is 15.7 Å². The van der Waals surface area contributed by atoms with Crippen molar-refractivity contribution >= 4 is 27.6 Å². The van der Waals surface area contributed by atoms with Crippen LogP contribution < -0.4 is 0 Å². The zero-order valence-electron chi connectivity index (χ0n) is 9.47. The lowest BCUT2D eigenvalue weighted by Gasteiger charge is -2.11. The van der Waals surface area contributed by atoms with Gasteiger partial charge in [-0.15, -0.1) is 0 Å². The molecule has 0 atom stereocenters. The van der Waals surface area contributed by atoms with E-state index in [1.54, 1.807) is 0 Å². The third-order valence-corrected chi connectivity index (χ3v) is 3.83. The number of aromatic nitrogens is 1. The summed E-state index contributed by atoms with van der Waals surface area (Å²) in [6.45, 7) is 0. The number of nitrogens with zero attached hydrogens (tertiary/aromatic N) is 2. The van der Waals surface area contributed by atoms with Crippen molar-refractivity contribution in [3.8, 4) is 0 Å². The van der Waals surface area contributed by atoms with E-state index in [1.165, 1.54) is 27.3 Å². The molecule has 0 aliphatic carbocycles. The molecule has 0 bridgehead atoms. The van der Waals surface area contributed by atoms with Crippen LogP contribution in [0.25, 0.3) is 0 Å². The molecule has 0 saturated carbocycles. The Morgan fingerprint density at radius 2 is 2.00 bits per heavy atom. The van der Waals surface area contributed by atoms with Gasteiger partial charge < -0.3 is 4.74 Å². The maximum absolute atomic E-state index is 11.8. The van der Waals surface area contributed by atoms with Gasteiger partial charge in [0.05, 0.1) is 12.7 Å². The van der Waals surface area contributed by atoms with Crippen LogP contribution in [-0.2, 0) is 14.8 Å². The zero-order chi connectivity index (χ0) is 13.2. The first-order chi connectivity index (χ1) is 7.78. The van der Waals surface area contributed by atoms with E-state index in [0.717, 1.165) is 10.4 Å². The van der Waals surface area contributed by atoms with Crippen molar-refractivity contribution in [3.63, 3.8) is 0 Å². The van der Waals surface area contributed by atoms with Crippen molar-refractivity contribution in [2.24, 2.45) is 0 Å². The highest BCUT2D eigenvalue weighted by Gasteiger charge is 2.21. The number of esters is 1. The Kier molecular flexibility index (Phi) is 4.07. The Balaban J connectivity index is 3.38. The summed E-state index contributed by atoms with van der Waals surface area (Å²) < 4.78 is 29.1. The van der Waals surface area contributed by atoms with Gasteiger partial charge in [0.25, 0.3) is 10.0 Å². The smallest absolute Gasteiger partial charge is 0.338 e. The molecule has 0 aliphatic rings. The fourth-order valence-corrected chi connectivity index (χ4v) is 2.15. The van der Waals surface area contributed by atoms with Crippen molar-refractivity contribution in [2.45, 2.75) is 5.03 Å². The van der Waals surface area contributed by atoms with Crippen LogP contribution in [0.5, 0.6) is 0 Å². The lowest BCUT2D eigenvalue weighted by molar-refractivity contribution is 0.0600. The highest BCUT2D eigenvalue weighted by Crippen LogP contribution is 2.17. The van der Waals surface area contributed by atoms with Gasteiger partial charge in [0.2, 0.25) is 0 Å². The number of sulfonamides is 1. The molecule has 94 valence electrons. The third kappa shape index (κ3) is 2.93. The number of carbonyl (C=O) groups excluding carboxylic acids is 1. The van der Waals surface area contributed by atoms with Crippen LogP contribution >= 0.6 is 11.6 Å². The Hall–Kier alpha value is -1.18. The molecule has 0 radical (unpaired) electrons. The molecule has 0 amide bonds. The number of rotatable bonds is 3. The maximum atomic E-state index is 11.8. The van der Waals surface area contributed by atoms with Crippen LogP contribution in [0.15, 0.2) is 17.2 Å². The summed E-state index contributed by atoms with van der Waals surface area (Å²) in [5.41, 5.74) is 0.0351. The van der Waals surface area contributed by atoms with Gasteiger partial charge in [0.1, 0.15) is 5.15 Å². The van der Waals surface area contributed by atoms with E-state index in [9.17, 15) is 13.2 Å². The molecule has 0 saturated heterocycles. The number of hydrogen-bond acceptors (Lipinski definition) is 5. The highest BCUT2D eigenvalue weighted by atomic mass is 35.5. The fourth-order valence-electron chi connectivity index (χ4n) is 1.03. The third-order valence-electron chi connectivity index (χ3n) is 1.94. The van der Waals surface area contributed by atoms with Crippen LogP contribution in [0, 0.1) is 0 Å². The topological polar surface area (TPSA) is 76.6 Å². The molecule has 1 rings (SSSR count). The second-order valence-electron chi connectivity index (χ2n) is 3.30. The van der Waals surface area contributed by atoms with Gasteiger partial charge in [-0.3, -0.25) is 0 Å². The molecule has 1 aromatic heterocycles. The summed E-state index contributed by atoms with van der Waals surface area (Å²) in [7, 11) is 0.171. The number of methoxy groups -OCH3 is 1. The van der Waals surface area contributed by atoms with Crippen molar-refractivity contribution < 1.29 is 17.9 Å². The number of pyridine rings is 1. The number of carbonyl (C=O) groups is 1. The second-order valence-corrected chi connectivity index (χ2v) is 5.78. The summed E-state index contributed by atoms with van der Waals surface area (Å²) in [5.74, 6) is -0.676. The van der Waals surface area contributed by atoms with Crippen LogP contribution in [0.1, 0.15) is 10.4 Å². The molecule has 0 fully saturated rings. The SMILES string of the molecule is COC(=O)c1cc(Cl)nc(S(=O)(=O)N(C)C)c1. The zero-order valence-corrected chi connectivity index (χ0v) is 11.0. The molecule has 6 nitrogen and oxygen atoms in total. The standard InChI is InChI=1S/C9H11ClN2O4S/c1-12(2)17(14,15)8-5-6(9(13)16-3)4-7(10)11-8/h4-5H,1-3H3. The molecule has 0 aromatic carbocycles. The molecular formula is C9H11ClN2O4S. The second kappa shape index (κ2) is 4.99. The van der Waals surface area contributed by atoms with E-state index >= 15 is 0 Å². The van der Waals surface area contributed by atoms with E-state index in [1.807, 2.05) is 0 Å². The quantitative estimate of drug-likeness (QED) is 0.603. The van der Waals surface area contributed by atoms with Gasteiger partial charge in [-0.05, 0) is 12.1 Å². The average Bonchev–Trinajstić information content (AvgIpc) is 2.26. The Morgan fingerprint density at radius 1 is 1.41 bits per heavy atom. The van der Waals surface area contributed by atoms with Gasteiger partial charge in [0.15, 0.2) is 5.03 Å². The molecule has 8 heteroatoms. The molecule has 0 spiro atoms. The Morgan fingerprint density at radius 3 is 2.47 bits per heavy atom. The van der Waals surface area contributed by atoms with Crippen LogP contribution in [-0.4, -0.2) is 44.9 Å². The lowest BCUT2D eigenvalue weighted by Crippen LogP contribution is -2.23. The van der Waals surface area contributed by atoms with Crippen molar-refractivity contribution in [1.29, 1.82) is 0 Å². The first kappa shape index (κ1) is 13.9. The van der Waals surface area contributed by atoms with Gasteiger partial charge in [-0.25, -0.2) is 22.5 Å². The van der Waals surface area contributed by atoms with Crippen molar-refractivity contribution in [2.75, 3.05) is 21.2 Å². The monoisotopic (exact) mass is 278 g/mol. The molecule has 0 unspecified atom stereocenters. The van der Waals surface area contributed by atoms with Gasteiger partial charge in [0, 0.05) is 14.1 Å². The lowest BCUT2D eigenvalue weighted by atomic mass is 10.3. The van der Waals surface area contributed by atoms with Gasteiger partial charge in [-0.2, -0.15) is 0 Å². The van der Waals surface area contributed by atoms with E-state index in [0.29, 0.717) is 0 Å². The van der Waals surface area contributed by atoms with Gasteiger partial charge >= 0.3 is 5.97 Å². The summed E-state index contributed by atoms with van der Waals surface area (Å²) >= 11 is 5.66. The minimum Gasteiger partial charge on any atom is -0.465 e. The summed E-state index contributed by atoms with van der Waals surface area (Å²) in [6, 6.07) is 2.36. The summed E-state index contributed by atoms with van der Waals surface area (Å²) in [6.07, 6.45) is 0. The molecule has 0 N–H and O–H groups in total. The number of hydrogen-bond donors (Lipinski definition) is 0. The van der Waals surface area contributed by atoms with Crippen molar-refractivity contribution in [3.05, 3.63) is 22.8 Å². The summed E-state index contributed by atoms with van der Waals surface area (Å²) in [5, 5.41) is -0.385. The van der Waals surface area contributed by atoms with Crippen LogP contribution in [0.3, 0.4) is 0 Å². The predicted octanol–water partition coefficient (Wildman–Crippen LogP) is 0.772.